The molecule has 154 valence electrons. The first-order valence-corrected chi connectivity index (χ1v) is 10.1. The molecule has 0 aromatic carbocycles. The molecule has 0 saturated carbocycles. The summed E-state index contributed by atoms with van der Waals surface area (Å²) in [6.45, 7) is 11.9. The smallest absolute Gasteiger partial charge is 0.356 e. The Hall–Kier alpha value is -1.39. The predicted molar refractivity (Wildman–Crippen MR) is 103 cm³/mol. The second-order valence-electron chi connectivity index (χ2n) is 6.77. The molecule has 27 heavy (non-hydrogen) atoms. The second kappa shape index (κ2) is 10.2. The summed E-state index contributed by atoms with van der Waals surface area (Å²) >= 11 is 0.992. The third-order valence-corrected chi connectivity index (χ3v) is 5.42. The van der Waals surface area contributed by atoms with Crippen LogP contribution in [0.1, 0.15) is 24.5 Å². The molecule has 2 N–H and O–H groups in total. The zero-order valence-electron chi connectivity index (χ0n) is 16.1. The van der Waals surface area contributed by atoms with E-state index in [1.165, 1.54) is 0 Å². The van der Waals surface area contributed by atoms with Gasteiger partial charge in [-0.1, -0.05) is 13.8 Å². The lowest BCUT2D eigenvalue weighted by Crippen LogP contribution is -2.48. The predicted octanol–water partition coefficient (Wildman–Crippen LogP) is 2.10. The number of rotatable bonds is 7. The van der Waals surface area contributed by atoms with Crippen molar-refractivity contribution in [1.29, 1.82) is 0 Å². The van der Waals surface area contributed by atoms with Crippen molar-refractivity contribution in [3.8, 4) is 0 Å². The molecule has 2 heterocycles. The van der Waals surface area contributed by atoms with E-state index in [1.54, 1.807) is 7.05 Å². The van der Waals surface area contributed by atoms with E-state index in [4.69, 9.17) is 0 Å². The molecule has 2 rings (SSSR count). The van der Waals surface area contributed by atoms with Gasteiger partial charge in [-0.25, -0.2) is 4.98 Å². The fourth-order valence-electron chi connectivity index (χ4n) is 2.97. The lowest BCUT2D eigenvalue weighted by molar-refractivity contribution is -0.140. The third-order valence-electron chi connectivity index (χ3n) is 4.57. The maximum atomic E-state index is 12.6. The molecule has 0 bridgehead atoms. The number of alkyl halides is 3. The summed E-state index contributed by atoms with van der Waals surface area (Å²) < 4.78 is 37.8. The number of aliphatic imine (C=N–C) groups is 1. The highest BCUT2D eigenvalue weighted by atomic mass is 32.1. The number of guanidine groups is 1. The summed E-state index contributed by atoms with van der Waals surface area (Å²) in [7, 11) is 1.65. The Bertz CT molecular complexity index is 596. The maximum Gasteiger partial charge on any atom is 0.434 e. The lowest BCUT2D eigenvalue weighted by Gasteiger charge is -2.35. The average Bonchev–Trinajstić information content (AvgIpc) is 3.12. The Morgan fingerprint density at radius 3 is 2.48 bits per heavy atom. The molecule has 0 aliphatic carbocycles. The number of aromatic nitrogens is 1. The first-order valence-electron chi connectivity index (χ1n) is 9.22. The quantitative estimate of drug-likeness (QED) is 0.537. The minimum atomic E-state index is -4.40. The van der Waals surface area contributed by atoms with E-state index in [0.717, 1.165) is 62.5 Å². The molecule has 1 atom stereocenters. The van der Waals surface area contributed by atoms with Gasteiger partial charge in [0.05, 0.1) is 6.54 Å². The Kier molecular flexibility index (Phi) is 8.30. The molecule has 6 nitrogen and oxygen atoms in total. The van der Waals surface area contributed by atoms with Crippen LogP contribution in [0, 0.1) is 5.92 Å². The van der Waals surface area contributed by atoms with Gasteiger partial charge in [0.2, 0.25) is 0 Å². The highest BCUT2D eigenvalue weighted by Gasteiger charge is 2.33. The summed E-state index contributed by atoms with van der Waals surface area (Å²) in [4.78, 5) is 12.7. The fourth-order valence-corrected chi connectivity index (χ4v) is 3.71. The zero-order chi connectivity index (χ0) is 19.9. The molecule has 1 saturated heterocycles. The van der Waals surface area contributed by atoms with Crippen molar-refractivity contribution < 1.29 is 13.2 Å². The van der Waals surface area contributed by atoms with Gasteiger partial charge < -0.3 is 20.4 Å². The molecule has 1 unspecified atom stereocenters. The van der Waals surface area contributed by atoms with Crippen molar-refractivity contribution in [2.45, 2.75) is 26.6 Å². The van der Waals surface area contributed by atoms with Gasteiger partial charge in [-0.3, -0.25) is 4.99 Å². The van der Waals surface area contributed by atoms with Gasteiger partial charge in [0.15, 0.2) is 11.7 Å². The molecule has 1 aliphatic heterocycles. The average molecular weight is 407 g/mol. The van der Waals surface area contributed by atoms with Crippen molar-refractivity contribution in [1.82, 2.24) is 25.4 Å². The number of nitrogens with one attached hydrogen (secondary N) is 2. The van der Waals surface area contributed by atoms with Crippen LogP contribution >= 0.6 is 11.3 Å². The van der Waals surface area contributed by atoms with Gasteiger partial charge in [0.25, 0.3) is 0 Å². The molecule has 0 spiro atoms. The highest BCUT2D eigenvalue weighted by Crippen LogP contribution is 2.29. The number of piperazine rings is 1. The van der Waals surface area contributed by atoms with Crippen LogP contribution in [0.2, 0.25) is 0 Å². The van der Waals surface area contributed by atoms with Crippen molar-refractivity contribution in [2.75, 3.05) is 52.9 Å². The van der Waals surface area contributed by atoms with Crippen molar-refractivity contribution in [3.63, 3.8) is 0 Å². The van der Waals surface area contributed by atoms with E-state index < -0.39 is 11.9 Å². The standard InChI is InChI=1S/C17H29F3N6S/c1-4-25-5-7-26(8-6-25)11-13(2)9-22-16(21-3)23-10-15-24-14(12-27-15)17(18,19)20/h12-13H,4-11H2,1-3H3,(H2,21,22,23). The topological polar surface area (TPSA) is 55.8 Å². The van der Waals surface area contributed by atoms with E-state index in [9.17, 15) is 13.2 Å². The van der Waals surface area contributed by atoms with Crippen molar-refractivity contribution in [3.05, 3.63) is 16.1 Å². The number of likely N-dealkylation sites (N-methyl/N-ethyl adjacent to an activating group) is 1. The number of nitrogens with zero attached hydrogens (tertiary/aromatic N) is 4. The van der Waals surface area contributed by atoms with E-state index in [-0.39, 0.29) is 6.54 Å². The van der Waals surface area contributed by atoms with Crippen molar-refractivity contribution >= 4 is 17.3 Å². The minimum Gasteiger partial charge on any atom is -0.356 e. The van der Waals surface area contributed by atoms with Gasteiger partial charge in [-0.15, -0.1) is 11.3 Å². The number of hydrogen-bond donors (Lipinski definition) is 2. The third kappa shape index (κ3) is 7.27. The van der Waals surface area contributed by atoms with Crippen LogP contribution in [0.5, 0.6) is 0 Å². The highest BCUT2D eigenvalue weighted by molar-refractivity contribution is 7.09. The number of thiazole rings is 1. The van der Waals surface area contributed by atoms with Gasteiger partial charge in [0, 0.05) is 51.7 Å². The van der Waals surface area contributed by atoms with Gasteiger partial charge in [0.1, 0.15) is 5.01 Å². The van der Waals surface area contributed by atoms with E-state index in [1.807, 2.05) is 0 Å². The minimum absolute atomic E-state index is 0.216. The Morgan fingerprint density at radius 2 is 1.93 bits per heavy atom. The monoisotopic (exact) mass is 406 g/mol. The summed E-state index contributed by atoms with van der Waals surface area (Å²) in [5, 5.41) is 7.68. The normalized spacial score (nSPS) is 18.5. The van der Waals surface area contributed by atoms with Crippen LogP contribution in [0.25, 0.3) is 0 Å². The molecule has 0 amide bonds. The maximum absolute atomic E-state index is 12.6. The Labute approximate surface area is 162 Å². The number of hydrogen-bond acceptors (Lipinski definition) is 5. The first-order chi connectivity index (χ1) is 12.8. The summed E-state index contributed by atoms with van der Waals surface area (Å²) in [6, 6.07) is 0. The Morgan fingerprint density at radius 1 is 1.26 bits per heavy atom. The molecule has 1 aromatic heterocycles. The second-order valence-corrected chi connectivity index (χ2v) is 7.71. The molecule has 1 aliphatic rings. The molecule has 0 radical (unpaired) electrons. The fraction of sp³-hybridized carbons (Fsp3) is 0.765. The lowest BCUT2D eigenvalue weighted by atomic mass is 10.1. The molecule has 1 aromatic rings. The SMILES string of the molecule is CCN1CCN(CC(C)CNC(=NC)NCc2nc(C(F)(F)F)cs2)CC1. The van der Waals surface area contributed by atoms with Gasteiger partial charge >= 0.3 is 6.18 Å². The van der Waals surface area contributed by atoms with E-state index in [2.05, 4.69) is 44.3 Å². The van der Waals surface area contributed by atoms with Gasteiger partial charge in [-0.2, -0.15) is 13.2 Å². The summed E-state index contributed by atoms with van der Waals surface area (Å²) in [6.07, 6.45) is -4.40. The van der Waals surface area contributed by atoms with E-state index in [0.29, 0.717) is 16.9 Å². The van der Waals surface area contributed by atoms with Crippen molar-refractivity contribution in [2.24, 2.45) is 10.9 Å². The van der Waals surface area contributed by atoms with Crippen LogP contribution in [0.3, 0.4) is 0 Å². The molecule has 1 fully saturated rings. The molecular weight excluding hydrogens is 377 g/mol. The van der Waals surface area contributed by atoms with Crippen LogP contribution in [-0.4, -0.2) is 73.6 Å². The largest absolute Gasteiger partial charge is 0.434 e. The van der Waals surface area contributed by atoms with Crippen LogP contribution < -0.4 is 10.6 Å². The number of halogens is 3. The van der Waals surface area contributed by atoms with Crippen LogP contribution in [0.15, 0.2) is 10.4 Å². The zero-order valence-corrected chi connectivity index (χ0v) is 17.0. The molecule has 10 heteroatoms. The summed E-state index contributed by atoms with van der Waals surface area (Å²) in [5.41, 5.74) is -0.843. The van der Waals surface area contributed by atoms with Crippen LogP contribution in [-0.2, 0) is 12.7 Å². The Balaban J connectivity index is 1.70. The van der Waals surface area contributed by atoms with E-state index >= 15 is 0 Å². The van der Waals surface area contributed by atoms with Gasteiger partial charge in [-0.05, 0) is 12.5 Å². The van der Waals surface area contributed by atoms with Crippen LogP contribution in [0.4, 0.5) is 13.2 Å². The first kappa shape index (κ1) is 21.9. The molecular formula is C17H29F3N6S. The summed E-state index contributed by atoms with van der Waals surface area (Å²) in [5.74, 6) is 1.01.